The Morgan fingerprint density at radius 3 is 2.77 bits per heavy atom. The van der Waals surface area contributed by atoms with Crippen molar-refractivity contribution in [3.8, 4) is 5.75 Å². The first-order valence-corrected chi connectivity index (χ1v) is 7.90. The van der Waals surface area contributed by atoms with E-state index in [4.69, 9.17) is 9.47 Å². The first kappa shape index (κ1) is 16.4. The summed E-state index contributed by atoms with van der Waals surface area (Å²) in [5, 5.41) is -0.568. The number of carbonyl (C=O) groups excluding carboxylic acids is 3. The SMILES string of the molecule is CCOC(=O)CSC1CC(=O)N(c2ccccc2OC)C1=O. The molecule has 0 spiro atoms. The van der Waals surface area contributed by atoms with Gasteiger partial charge in [0.15, 0.2) is 0 Å². The van der Waals surface area contributed by atoms with Crippen LogP contribution in [0.15, 0.2) is 24.3 Å². The fraction of sp³-hybridized carbons (Fsp3) is 0.400. The number of hydrogen-bond acceptors (Lipinski definition) is 6. The Bertz CT molecular complexity index is 589. The summed E-state index contributed by atoms with van der Waals surface area (Å²) >= 11 is 1.13. The number of anilines is 1. The summed E-state index contributed by atoms with van der Waals surface area (Å²) < 4.78 is 10.0. The third kappa shape index (κ3) is 3.41. The molecule has 1 aromatic carbocycles. The molecule has 0 aromatic heterocycles. The largest absolute Gasteiger partial charge is 0.495 e. The van der Waals surface area contributed by atoms with Gasteiger partial charge < -0.3 is 9.47 Å². The molecule has 0 radical (unpaired) electrons. The number of ether oxygens (including phenoxy) is 2. The van der Waals surface area contributed by atoms with E-state index in [2.05, 4.69) is 0 Å². The lowest BCUT2D eigenvalue weighted by Crippen LogP contribution is -2.31. The Balaban J connectivity index is 2.10. The van der Waals surface area contributed by atoms with Gasteiger partial charge in [0.05, 0.1) is 30.4 Å². The Labute approximate surface area is 132 Å². The molecule has 0 saturated carbocycles. The zero-order valence-corrected chi connectivity index (χ0v) is 13.2. The van der Waals surface area contributed by atoms with Crippen molar-refractivity contribution in [1.29, 1.82) is 0 Å². The van der Waals surface area contributed by atoms with Gasteiger partial charge in [0.25, 0.3) is 0 Å². The highest BCUT2D eigenvalue weighted by molar-refractivity contribution is 8.01. The second-order valence-corrected chi connectivity index (χ2v) is 5.74. The van der Waals surface area contributed by atoms with Gasteiger partial charge in [0, 0.05) is 6.42 Å². The van der Waals surface area contributed by atoms with Crippen LogP contribution in [0.2, 0.25) is 0 Å². The van der Waals surface area contributed by atoms with Gasteiger partial charge in [-0.05, 0) is 19.1 Å². The zero-order valence-electron chi connectivity index (χ0n) is 12.4. The first-order chi connectivity index (χ1) is 10.6. The van der Waals surface area contributed by atoms with Crippen LogP contribution in [0.1, 0.15) is 13.3 Å². The molecular weight excluding hydrogens is 306 g/mol. The molecule has 1 heterocycles. The van der Waals surface area contributed by atoms with E-state index in [1.54, 1.807) is 31.2 Å². The maximum Gasteiger partial charge on any atom is 0.315 e. The van der Waals surface area contributed by atoms with Crippen LogP contribution < -0.4 is 9.64 Å². The lowest BCUT2D eigenvalue weighted by molar-refractivity contribution is -0.139. The van der Waals surface area contributed by atoms with Crippen molar-refractivity contribution >= 4 is 35.2 Å². The number of carbonyl (C=O) groups is 3. The van der Waals surface area contributed by atoms with E-state index in [1.807, 2.05) is 0 Å². The minimum Gasteiger partial charge on any atom is -0.495 e. The second-order valence-electron chi connectivity index (χ2n) is 4.55. The van der Waals surface area contributed by atoms with Gasteiger partial charge >= 0.3 is 5.97 Å². The van der Waals surface area contributed by atoms with Gasteiger partial charge in [0.1, 0.15) is 5.75 Å². The lowest BCUT2D eigenvalue weighted by Gasteiger charge is -2.17. The van der Waals surface area contributed by atoms with Crippen molar-refractivity contribution in [2.75, 3.05) is 24.4 Å². The first-order valence-electron chi connectivity index (χ1n) is 6.85. The molecule has 0 N–H and O–H groups in total. The maximum absolute atomic E-state index is 12.4. The van der Waals surface area contributed by atoms with Crippen molar-refractivity contribution in [3.63, 3.8) is 0 Å². The number of amides is 2. The normalized spacial score (nSPS) is 17.7. The molecule has 1 saturated heterocycles. The summed E-state index contributed by atoms with van der Waals surface area (Å²) in [6.07, 6.45) is 0.0704. The molecule has 2 amide bonds. The third-order valence-electron chi connectivity index (χ3n) is 3.14. The smallest absolute Gasteiger partial charge is 0.315 e. The number of rotatable bonds is 6. The lowest BCUT2D eigenvalue weighted by atomic mass is 10.2. The quantitative estimate of drug-likeness (QED) is 0.585. The van der Waals surface area contributed by atoms with Gasteiger partial charge in [-0.15, -0.1) is 11.8 Å². The van der Waals surface area contributed by atoms with E-state index >= 15 is 0 Å². The molecule has 118 valence electrons. The van der Waals surface area contributed by atoms with Crippen LogP contribution in [-0.2, 0) is 19.1 Å². The number of imide groups is 1. The maximum atomic E-state index is 12.4. The topological polar surface area (TPSA) is 72.9 Å². The van der Waals surface area contributed by atoms with Crippen molar-refractivity contribution in [3.05, 3.63) is 24.3 Å². The molecule has 2 rings (SSSR count). The summed E-state index contributed by atoms with van der Waals surface area (Å²) in [4.78, 5) is 37.1. The fourth-order valence-corrected chi connectivity index (χ4v) is 3.10. The minimum absolute atomic E-state index is 0.0529. The predicted octanol–water partition coefficient (Wildman–Crippen LogP) is 1.62. The van der Waals surface area contributed by atoms with E-state index in [-0.39, 0.29) is 30.0 Å². The molecular formula is C15H17NO5S. The minimum atomic E-state index is -0.568. The monoisotopic (exact) mass is 323 g/mol. The van der Waals surface area contributed by atoms with Gasteiger partial charge in [0.2, 0.25) is 11.8 Å². The van der Waals surface area contributed by atoms with E-state index in [1.165, 1.54) is 7.11 Å². The molecule has 0 aliphatic carbocycles. The fourth-order valence-electron chi connectivity index (χ4n) is 2.17. The van der Waals surface area contributed by atoms with E-state index < -0.39 is 5.25 Å². The van der Waals surface area contributed by atoms with Crippen LogP contribution >= 0.6 is 11.8 Å². The molecule has 0 bridgehead atoms. The number of benzene rings is 1. The van der Waals surface area contributed by atoms with Crippen LogP contribution in [0.3, 0.4) is 0 Å². The van der Waals surface area contributed by atoms with Crippen molar-refractivity contribution in [1.82, 2.24) is 0 Å². The van der Waals surface area contributed by atoms with Gasteiger partial charge in [-0.1, -0.05) is 12.1 Å². The van der Waals surface area contributed by atoms with Crippen molar-refractivity contribution < 1.29 is 23.9 Å². The Kier molecular flexibility index (Phi) is 5.43. The summed E-state index contributed by atoms with van der Waals surface area (Å²) in [6.45, 7) is 2.01. The van der Waals surface area contributed by atoms with Crippen molar-refractivity contribution in [2.45, 2.75) is 18.6 Å². The molecule has 1 aromatic rings. The van der Waals surface area contributed by atoms with Crippen molar-refractivity contribution in [2.24, 2.45) is 0 Å². The number of thioether (sulfide) groups is 1. The highest BCUT2D eigenvalue weighted by Crippen LogP contribution is 2.34. The van der Waals surface area contributed by atoms with E-state index in [9.17, 15) is 14.4 Å². The van der Waals surface area contributed by atoms with Crippen LogP contribution in [0.4, 0.5) is 5.69 Å². The Morgan fingerprint density at radius 1 is 1.36 bits per heavy atom. The molecule has 7 heteroatoms. The van der Waals surface area contributed by atoms with E-state index in [0.717, 1.165) is 16.7 Å². The Hall–Kier alpha value is -2.02. The molecule has 1 atom stereocenters. The summed E-state index contributed by atoms with van der Waals surface area (Å²) in [5.41, 5.74) is 0.430. The molecule has 22 heavy (non-hydrogen) atoms. The van der Waals surface area contributed by atoms with Gasteiger partial charge in [-0.2, -0.15) is 0 Å². The third-order valence-corrected chi connectivity index (χ3v) is 4.31. The predicted molar refractivity (Wildman–Crippen MR) is 83.0 cm³/mol. The molecule has 1 aliphatic rings. The summed E-state index contributed by atoms with van der Waals surface area (Å²) in [7, 11) is 1.48. The number of hydrogen-bond donors (Lipinski definition) is 0. The molecule has 1 aliphatic heterocycles. The van der Waals surface area contributed by atoms with Crippen LogP contribution in [0, 0.1) is 0 Å². The second kappa shape index (κ2) is 7.31. The van der Waals surface area contributed by atoms with Crippen LogP contribution in [0.25, 0.3) is 0 Å². The average Bonchev–Trinajstić information content (AvgIpc) is 2.79. The van der Waals surface area contributed by atoms with E-state index in [0.29, 0.717) is 18.0 Å². The number of esters is 1. The van der Waals surface area contributed by atoms with Gasteiger partial charge in [-0.25, -0.2) is 4.90 Å². The average molecular weight is 323 g/mol. The van der Waals surface area contributed by atoms with Gasteiger partial charge in [-0.3, -0.25) is 14.4 Å². The Morgan fingerprint density at radius 2 is 2.09 bits per heavy atom. The summed E-state index contributed by atoms with van der Waals surface area (Å²) in [5.74, 6) is -0.500. The standard InChI is InChI=1S/C15H17NO5S/c1-3-21-14(18)9-22-12-8-13(17)16(15(12)19)10-6-4-5-7-11(10)20-2/h4-7,12H,3,8-9H2,1-2H3. The number of nitrogens with zero attached hydrogens (tertiary/aromatic N) is 1. The molecule has 1 unspecified atom stereocenters. The number of para-hydroxylation sites is 2. The zero-order chi connectivity index (χ0) is 16.1. The highest BCUT2D eigenvalue weighted by atomic mass is 32.2. The number of methoxy groups -OCH3 is 1. The highest BCUT2D eigenvalue weighted by Gasteiger charge is 2.41. The molecule has 6 nitrogen and oxygen atoms in total. The van der Waals surface area contributed by atoms with Crippen LogP contribution in [0.5, 0.6) is 5.75 Å². The summed E-state index contributed by atoms with van der Waals surface area (Å²) in [6, 6.07) is 6.85. The van der Waals surface area contributed by atoms with Crippen LogP contribution in [-0.4, -0.2) is 42.5 Å². The molecule has 1 fully saturated rings.